The number of nitrogens with two attached hydrogens (primary N) is 1. The first kappa shape index (κ1) is 14.5. The van der Waals surface area contributed by atoms with Crippen LogP contribution in [0.1, 0.15) is 50.0 Å². The second-order valence-electron chi connectivity index (χ2n) is 6.08. The normalized spacial score (nSPS) is 27.6. The largest absolute Gasteiger partial charge is 0.469 e. The SMILES string of the molecule is CCc1occc1C(N)C1CCOC2(CCSCC2)C1. The van der Waals surface area contributed by atoms with Gasteiger partial charge in [-0.15, -0.1) is 0 Å². The summed E-state index contributed by atoms with van der Waals surface area (Å²) in [5, 5.41) is 0. The van der Waals surface area contributed by atoms with Crippen LogP contribution in [-0.2, 0) is 11.2 Å². The number of thioether (sulfide) groups is 1. The van der Waals surface area contributed by atoms with E-state index in [2.05, 4.69) is 13.0 Å². The standard InChI is InChI=1S/C16H25NO2S/c1-2-14-13(4-7-18-14)15(17)12-3-8-19-16(11-12)5-9-20-10-6-16/h4,7,12,15H,2-3,5-6,8-11,17H2,1H3. The molecule has 2 N–H and O–H groups in total. The lowest BCUT2D eigenvalue weighted by atomic mass is 9.77. The van der Waals surface area contributed by atoms with E-state index in [9.17, 15) is 0 Å². The summed E-state index contributed by atoms with van der Waals surface area (Å²) in [6.07, 6.45) is 7.26. The molecule has 0 saturated carbocycles. The molecule has 20 heavy (non-hydrogen) atoms. The third-order valence-corrected chi connectivity index (χ3v) is 5.89. The van der Waals surface area contributed by atoms with E-state index in [1.807, 2.05) is 11.8 Å². The molecule has 2 aliphatic heterocycles. The Hall–Kier alpha value is -0.450. The summed E-state index contributed by atoms with van der Waals surface area (Å²) in [6.45, 7) is 2.99. The van der Waals surface area contributed by atoms with E-state index in [4.69, 9.17) is 14.9 Å². The lowest BCUT2D eigenvalue weighted by Gasteiger charge is -2.44. The second kappa shape index (κ2) is 6.12. The van der Waals surface area contributed by atoms with Crippen molar-refractivity contribution >= 4 is 11.8 Å². The smallest absolute Gasteiger partial charge is 0.108 e. The lowest BCUT2D eigenvalue weighted by molar-refractivity contribution is -0.105. The fraction of sp³-hybridized carbons (Fsp3) is 0.750. The summed E-state index contributed by atoms with van der Waals surface area (Å²) in [4.78, 5) is 0. The van der Waals surface area contributed by atoms with Gasteiger partial charge in [-0.25, -0.2) is 0 Å². The predicted molar refractivity (Wildman–Crippen MR) is 83.0 cm³/mol. The Balaban J connectivity index is 1.73. The molecule has 1 aromatic rings. The van der Waals surface area contributed by atoms with Crippen LogP contribution in [0.25, 0.3) is 0 Å². The van der Waals surface area contributed by atoms with Crippen molar-refractivity contribution in [3.63, 3.8) is 0 Å². The Kier molecular flexibility index (Phi) is 4.43. The van der Waals surface area contributed by atoms with Crippen molar-refractivity contribution in [2.45, 2.75) is 50.7 Å². The van der Waals surface area contributed by atoms with Gasteiger partial charge in [0.15, 0.2) is 0 Å². The predicted octanol–water partition coefficient (Wildman–Crippen LogP) is 3.53. The van der Waals surface area contributed by atoms with Gasteiger partial charge in [0.25, 0.3) is 0 Å². The molecule has 1 aromatic heterocycles. The van der Waals surface area contributed by atoms with Crippen LogP contribution < -0.4 is 5.73 Å². The summed E-state index contributed by atoms with van der Waals surface area (Å²) in [7, 11) is 0. The average Bonchev–Trinajstić information content (AvgIpc) is 2.96. The van der Waals surface area contributed by atoms with Gasteiger partial charge in [-0.05, 0) is 49.2 Å². The van der Waals surface area contributed by atoms with E-state index in [1.165, 1.54) is 29.9 Å². The van der Waals surface area contributed by atoms with E-state index < -0.39 is 0 Å². The van der Waals surface area contributed by atoms with Gasteiger partial charge in [-0.3, -0.25) is 0 Å². The van der Waals surface area contributed by atoms with Crippen molar-refractivity contribution < 1.29 is 9.15 Å². The molecular formula is C16H25NO2S. The van der Waals surface area contributed by atoms with Gasteiger partial charge in [0.2, 0.25) is 0 Å². The third-order valence-electron chi connectivity index (χ3n) is 4.90. The minimum atomic E-state index is 0.0963. The summed E-state index contributed by atoms with van der Waals surface area (Å²) < 4.78 is 11.7. The third kappa shape index (κ3) is 2.78. The first-order valence-electron chi connectivity index (χ1n) is 7.78. The zero-order valence-electron chi connectivity index (χ0n) is 12.3. The van der Waals surface area contributed by atoms with Crippen LogP contribution in [0.15, 0.2) is 16.7 Å². The van der Waals surface area contributed by atoms with Crippen molar-refractivity contribution in [3.05, 3.63) is 23.7 Å². The maximum atomic E-state index is 6.56. The molecule has 112 valence electrons. The molecule has 2 saturated heterocycles. The molecule has 3 nitrogen and oxygen atoms in total. The second-order valence-corrected chi connectivity index (χ2v) is 7.30. The Morgan fingerprint density at radius 3 is 3.00 bits per heavy atom. The molecule has 0 bridgehead atoms. The fourth-order valence-electron chi connectivity index (χ4n) is 3.65. The molecule has 0 aliphatic carbocycles. The van der Waals surface area contributed by atoms with E-state index in [1.54, 1.807) is 6.26 Å². The van der Waals surface area contributed by atoms with Crippen LogP contribution in [-0.4, -0.2) is 23.7 Å². The molecule has 1 spiro atoms. The molecule has 2 atom stereocenters. The Morgan fingerprint density at radius 2 is 2.25 bits per heavy atom. The summed E-state index contributed by atoms with van der Waals surface area (Å²) in [6, 6.07) is 2.15. The van der Waals surface area contributed by atoms with E-state index in [0.717, 1.165) is 31.6 Å². The first-order valence-corrected chi connectivity index (χ1v) is 8.93. The van der Waals surface area contributed by atoms with Crippen molar-refractivity contribution in [1.29, 1.82) is 0 Å². The van der Waals surface area contributed by atoms with Crippen LogP contribution in [0.4, 0.5) is 0 Å². The topological polar surface area (TPSA) is 48.4 Å². The molecule has 3 heterocycles. The van der Waals surface area contributed by atoms with Gasteiger partial charge in [-0.2, -0.15) is 11.8 Å². The summed E-state index contributed by atoms with van der Waals surface area (Å²) >= 11 is 2.05. The number of hydrogen-bond donors (Lipinski definition) is 1. The minimum absolute atomic E-state index is 0.0963. The van der Waals surface area contributed by atoms with Gasteiger partial charge >= 0.3 is 0 Å². The number of aryl methyl sites for hydroxylation is 1. The summed E-state index contributed by atoms with van der Waals surface area (Å²) in [5.74, 6) is 4.04. The maximum absolute atomic E-state index is 6.56. The van der Waals surface area contributed by atoms with Crippen molar-refractivity contribution in [1.82, 2.24) is 0 Å². The van der Waals surface area contributed by atoms with Crippen molar-refractivity contribution in [2.75, 3.05) is 18.1 Å². The van der Waals surface area contributed by atoms with Crippen LogP contribution in [0.5, 0.6) is 0 Å². The number of furan rings is 1. The summed E-state index contributed by atoms with van der Waals surface area (Å²) in [5.41, 5.74) is 7.88. The highest BCUT2D eigenvalue weighted by Gasteiger charge is 2.41. The zero-order chi connectivity index (χ0) is 14.0. The molecule has 3 rings (SSSR count). The van der Waals surface area contributed by atoms with E-state index in [0.29, 0.717) is 5.92 Å². The highest BCUT2D eigenvalue weighted by atomic mass is 32.2. The molecule has 2 aliphatic rings. The number of ether oxygens (including phenoxy) is 1. The molecule has 0 radical (unpaired) electrons. The number of rotatable bonds is 3. The first-order chi connectivity index (χ1) is 9.74. The van der Waals surface area contributed by atoms with Gasteiger partial charge < -0.3 is 14.9 Å². The lowest BCUT2D eigenvalue weighted by Crippen LogP contribution is -2.45. The highest BCUT2D eigenvalue weighted by Crippen LogP contribution is 2.43. The molecule has 2 unspecified atom stereocenters. The molecule has 2 fully saturated rings. The van der Waals surface area contributed by atoms with Gasteiger partial charge in [0.1, 0.15) is 5.76 Å². The highest BCUT2D eigenvalue weighted by molar-refractivity contribution is 7.99. The zero-order valence-corrected chi connectivity index (χ0v) is 13.1. The van der Waals surface area contributed by atoms with Crippen molar-refractivity contribution in [3.8, 4) is 0 Å². The quantitative estimate of drug-likeness (QED) is 0.926. The average molecular weight is 295 g/mol. The van der Waals surface area contributed by atoms with Gasteiger partial charge in [0, 0.05) is 24.6 Å². The van der Waals surface area contributed by atoms with Crippen molar-refractivity contribution in [2.24, 2.45) is 11.7 Å². The molecule has 0 aromatic carbocycles. The van der Waals surface area contributed by atoms with E-state index >= 15 is 0 Å². The molecule has 0 amide bonds. The van der Waals surface area contributed by atoms with Crippen LogP contribution >= 0.6 is 11.8 Å². The molecular weight excluding hydrogens is 270 g/mol. The molecule has 4 heteroatoms. The van der Waals surface area contributed by atoms with Gasteiger partial charge in [-0.1, -0.05) is 6.92 Å². The Bertz CT molecular complexity index is 434. The van der Waals surface area contributed by atoms with Crippen LogP contribution in [0.2, 0.25) is 0 Å². The Labute approximate surface area is 125 Å². The number of hydrogen-bond acceptors (Lipinski definition) is 4. The fourth-order valence-corrected chi connectivity index (χ4v) is 4.89. The Morgan fingerprint density at radius 1 is 1.45 bits per heavy atom. The van der Waals surface area contributed by atoms with Gasteiger partial charge in [0.05, 0.1) is 11.9 Å². The van der Waals surface area contributed by atoms with Crippen LogP contribution in [0.3, 0.4) is 0 Å². The maximum Gasteiger partial charge on any atom is 0.108 e. The van der Waals surface area contributed by atoms with Crippen LogP contribution in [0, 0.1) is 5.92 Å². The minimum Gasteiger partial charge on any atom is -0.469 e. The monoisotopic (exact) mass is 295 g/mol. The van der Waals surface area contributed by atoms with E-state index in [-0.39, 0.29) is 11.6 Å².